The third-order valence-corrected chi connectivity index (χ3v) is 3.89. The van der Waals surface area contributed by atoms with Crippen molar-refractivity contribution in [2.45, 2.75) is 25.9 Å². The zero-order chi connectivity index (χ0) is 17.4. The molecule has 0 aromatic heterocycles. The van der Waals surface area contributed by atoms with E-state index in [0.29, 0.717) is 12.1 Å². The topological polar surface area (TPSA) is 38.3 Å². The van der Waals surface area contributed by atoms with Gasteiger partial charge in [0.15, 0.2) is 0 Å². The summed E-state index contributed by atoms with van der Waals surface area (Å²) in [6.07, 6.45) is 1.67. The number of amides is 1. The molecule has 0 unspecified atom stereocenters. The maximum atomic E-state index is 12.3. The lowest BCUT2D eigenvalue weighted by Crippen LogP contribution is -2.26. The largest absolute Gasteiger partial charge is 0.435 e. The van der Waals surface area contributed by atoms with Crippen LogP contribution in [0.15, 0.2) is 53.0 Å². The molecule has 2 rings (SSSR count). The molecule has 0 aliphatic rings. The van der Waals surface area contributed by atoms with Gasteiger partial charge in [0.1, 0.15) is 5.75 Å². The van der Waals surface area contributed by atoms with Crippen LogP contribution in [0.25, 0.3) is 0 Å². The maximum absolute atomic E-state index is 12.3. The second-order valence-electron chi connectivity index (χ2n) is 5.25. The summed E-state index contributed by atoms with van der Waals surface area (Å²) in [6, 6.07) is 14.3. The first-order valence-corrected chi connectivity index (χ1v) is 8.38. The van der Waals surface area contributed by atoms with E-state index in [2.05, 4.69) is 26.0 Å². The molecule has 0 fully saturated rings. The van der Waals surface area contributed by atoms with Gasteiger partial charge in [0, 0.05) is 16.6 Å². The first-order chi connectivity index (χ1) is 11.5. The summed E-state index contributed by atoms with van der Waals surface area (Å²) in [5.41, 5.74) is 1.64. The third-order valence-electron chi connectivity index (χ3n) is 3.39. The number of carbonyl (C=O) groups excluding carboxylic acids is 1. The van der Waals surface area contributed by atoms with E-state index >= 15 is 0 Å². The van der Waals surface area contributed by atoms with Gasteiger partial charge in [-0.25, -0.2) is 0 Å². The average molecular weight is 398 g/mol. The van der Waals surface area contributed by atoms with Gasteiger partial charge < -0.3 is 10.1 Å². The van der Waals surface area contributed by atoms with Crippen LogP contribution in [-0.2, 0) is 17.6 Å². The van der Waals surface area contributed by atoms with Crippen LogP contribution in [0.1, 0.15) is 17.5 Å². The van der Waals surface area contributed by atoms with Gasteiger partial charge in [-0.3, -0.25) is 4.79 Å². The van der Waals surface area contributed by atoms with Crippen molar-refractivity contribution >= 4 is 21.8 Å². The van der Waals surface area contributed by atoms with E-state index in [-0.39, 0.29) is 18.1 Å². The van der Waals surface area contributed by atoms with E-state index in [0.717, 1.165) is 17.3 Å². The van der Waals surface area contributed by atoms with Gasteiger partial charge in [0.2, 0.25) is 5.91 Å². The molecule has 0 saturated carbocycles. The van der Waals surface area contributed by atoms with Gasteiger partial charge >= 0.3 is 6.61 Å². The second-order valence-corrected chi connectivity index (χ2v) is 6.16. The summed E-state index contributed by atoms with van der Waals surface area (Å²) < 4.78 is 30.2. The normalized spacial score (nSPS) is 10.7. The molecule has 1 amide bonds. The lowest BCUT2D eigenvalue weighted by Gasteiger charge is -2.10. The molecule has 0 aliphatic heterocycles. The quantitative estimate of drug-likeness (QED) is 0.672. The first kappa shape index (κ1) is 18.4. The van der Waals surface area contributed by atoms with Crippen molar-refractivity contribution in [3.63, 3.8) is 0 Å². The minimum Gasteiger partial charge on any atom is -0.435 e. The number of alkyl halides is 2. The Morgan fingerprint density at radius 3 is 2.71 bits per heavy atom. The summed E-state index contributed by atoms with van der Waals surface area (Å²) in [7, 11) is 0. The molecule has 24 heavy (non-hydrogen) atoms. The number of benzene rings is 2. The van der Waals surface area contributed by atoms with Crippen molar-refractivity contribution in [2.24, 2.45) is 0 Å². The summed E-state index contributed by atoms with van der Waals surface area (Å²) in [4.78, 5) is 12.0. The number of aryl methyl sites for hydroxylation is 1. The molecule has 0 radical (unpaired) electrons. The minimum atomic E-state index is -2.90. The fourth-order valence-electron chi connectivity index (χ4n) is 2.31. The molecule has 0 spiro atoms. The van der Waals surface area contributed by atoms with Crippen LogP contribution >= 0.6 is 15.9 Å². The highest BCUT2D eigenvalue weighted by atomic mass is 79.9. The number of hydrogen-bond donors (Lipinski definition) is 1. The predicted molar refractivity (Wildman–Crippen MR) is 92.3 cm³/mol. The summed E-state index contributed by atoms with van der Waals surface area (Å²) in [6.45, 7) is -2.37. The van der Waals surface area contributed by atoms with Crippen molar-refractivity contribution < 1.29 is 18.3 Å². The van der Waals surface area contributed by atoms with Gasteiger partial charge in [-0.1, -0.05) is 46.3 Å². The van der Waals surface area contributed by atoms with Crippen LogP contribution in [0.4, 0.5) is 8.78 Å². The summed E-state index contributed by atoms with van der Waals surface area (Å²) in [5, 5.41) is 2.80. The van der Waals surface area contributed by atoms with Gasteiger partial charge in [-0.2, -0.15) is 8.78 Å². The Labute approximate surface area is 148 Å². The van der Waals surface area contributed by atoms with Crippen molar-refractivity contribution in [1.82, 2.24) is 5.32 Å². The SMILES string of the molecule is O=C(Cc1ccccc1OC(F)F)NCCCc1cccc(Br)c1. The lowest BCUT2D eigenvalue weighted by atomic mass is 10.1. The molecule has 2 aromatic carbocycles. The van der Waals surface area contributed by atoms with Crippen molar-refractivity contribution in [2.75, 3.05) is 6.54 Å². The molecule has 3 nitrogen and oxygen atoms in total. The smallest absolute Gasteiger partial charge is 0.387 e. The molecule has 0 saturated heterocycles. The van der Waals surface area contributed by atoms with Gasteiger partial charge in [0.05, 0.1) is 6.42 Å². The fourth-order valence-corrected chi connectivity index (χ4v) is 2.76. The van der Waals surface area contributed by atoms with E-state index in [1.54, 1.807) is 18.2 Å². The van der Waals surface area contributed by atoms with Crippen LogP contribution in [0.2, 0.25) is 0 Å². The van der Waals surface area contributed by atoms with Crippen LogP contribution in [0.3, 0.4) is 0 Å². The van der Waals surface area contributed by atoms with Gasteiger partial charge in [0.25, 0.3) is 0 Å². The Hall–Kier alpha value is -1.95. The van der Waals surface area contributed by atoms with Crippen LogP contribution < -0.4 is 10.1 Å². The monoisotopic (exact) mass is 397 g/mol. The Morgan fingerprint density at radius 1 is 1.17 bits per heavy atom. The Morgan fingerprint density at radius 2 is 1.96 bits per heavy atom. The molecule has 0 heterocycles. The van der Waals surface area contributed by atoms with Gasteiger partial charge in [-0.05, 0) is 36.6 Å². The van der Waals surface area contributed by atoms with E-state index in [9.17, 15) is 13.6 Å². The number of para-hydroxylation sites is 1. The highest BCUT2D eigenvalue weighted by Gasteiger charge is 2.12. The van der Waals surface area contributed by atoms with Gasteiger partial charge in [-0.15, -0.1) is 0 Å². The standard InChI is InChI=1S/C18H18BrF2NO2/c19-15-8-3-5-13(11-15)6-4-10-22-17(23)12-14-7-1-2-9-16(14)24-18(20)21/h1-3,5,7-9,11,18H,4,6,10,12H2,(H,22,23). The zero-order valence-corrected chi connectivity index (χ0v) is 14.6. The number of hydrogen-bond acceptors (Lipinski definition) is 2. The highest BCUT2D eigenvalue weighted by molar-refractivity contribution is 9.10. The minimum absolute atomic E-state index is 0.0137. The number of ether oxygens (including phenoxy) is 1. The van der Waals surface area contributed by atoms with Crippen LogP contribution in [-0.4, -0.2) is 19.1 Å². The molecule has 6 heteroatoms. The molecular formula is C18H18BrF2NO2. The van der Waals surface area contributed by atoms with E-state index in [4.69, 9.17) is 0 Å². The first-order valence-electron chi connectivity index (χ1n) is 7.58. The number of carbonyl (C=O) groups is 1. The Kier molecular flexibility index (Phi) is 7.18. The number of halogens is 3. The average Bonchev–Trinajstić information content (AvgIpc) is 2.53. The fraction of sp³-hybridized carbons (Fsp3) is 0.278. The van der Waals surface area contributed by atoms with E-state index in [1.807, 2.05) is 24.3 Å². The molecule has 128 valence electrons. The maximum Gasteiger partial charge on any atom is 0.387 e. The number of rotatable bonds is 8. The number of nitrogens with one attached hydrogen (secondary N) is 1. The van der Waals surface area contributed by atoms with Crippen LogP contribution in [0.5, 0.6) is 5.75 Å². The molecule has 1 N–H and O–H groups in total. The van der Waals surface area contributed by atoms with E-state index < -0.39 is 6.61 Å². The predicted octanol–water partition coefficient (Wildman–Crippen LogP) is 4.34. The third kappa shape index (κ3) is 6.28. The van der Waals surface area contributed by atoms with Crippen molar-refractivity contribution in [3.8, 4) is 5.75 Å². The molecule has 0 atom stereocenters. The van der Waals surface area contributed by atoms with Crippen LogP contribution in [0, 0.1) is 0 Å². The Balaban J connectivity index is 1.77. The van der Waals surface area contributed by atoms with E-state index in [1.165, 1.54) is 11.6 Å². The van der Waals surface area contributed by atoms with Crippen molar-refractivity contribution in [1.29, 1.82) is 0 Å². The molecular weight excluding hydrogens is 380 g/mol. The van der Waals surface area contributed by atoms with Crippen molar-refractivity contribution in [3.05, 3.63) is 64.1 Å². The lowest BCUT2D eigenvalue weighted by molar-refractivity contribution is -0.120. The molecule has 0 bridgehead atoms. The second kappa shape index (κ2) is 9.37. The zero-order valence-electron chi connectivity index (χ0n) is 13.0. The Bertz CT molecular complexity index is 680. The highest BCUT2D eigenvalue weighted by Crippen LogP contribution is 2.20. The molecule has 2 aromatic rings. The molecule has 0 aliphatic carbocycles. The summed E-state index contributed by atoms with van der Waals surface area (Å²) in [5.74, 6) is -0.175. The summed E-state index contributed by atoms with van der Waals surface area (Å²) >= 11 is 3.42.